The second-order valence-corrected chi connectivity index (χ2v) is 5.54. The Bertz CT molecular complexity index is 194. The maximum absolute atomic E-state index is 5.74. The van der Waals surface area contributed by atoms with E-state index in [-0.39, 0.29) is 11.6 Å². The van der Waals surface area contributed by atoms with Crippen molar-refractivity contribution in [1.82, 2.24) is 5.32 Å². The third kappa shape index (κ3) is 14.0. The van der Waals surface area contributed by atoms with Gasteiger partial charge in [0, 0.05) is 39.5 Å². The maximum Gasteiger partial charge on any atom is 0.0933 e. The molecule has 0 aliphatic heterocycles. The quantitative estimate of drug-likeness (QED) is 0.547. The summed E-state index contributed by atoms with van der Waals surface area (Å²) in [5.74, 6) is 0. The Morgan fingerprint density at radius 2 is 1.68 bits per heavy atom. The predicted octanol–water partition coefficient (Wildman–Crippen LogP) is 1.46. The van der Waals surface area contributed by atoms with E-state index in [1.165, 1.54) is 0 Å². The molecular formula is C14H31NO4. The summed E-state index contributed by atoms with van der Waals surface area (Å²) >= 11 is 0. The minimum absolute atomic E-state index is 0.0619. The van der Waals surface area contributed by atoms with Crippen LogP contribution in [0.25, 0.3) is 0 Å². The van der Waals surface area contributed by atoms with Crippen LogP contribution in [0.3, 0.4) is 0 Å². The summed E-state index contributed by atoms with van der Waals surface area (Å²) in [5, 5.41) is 3.41. The molecule has 1 atom stereocenters. The first kappa shape index (κ1) is 18.8. The van der Waals surface area contributed by atoms with Crippen LogP contribution in [0.5, 0.6) is 0 Å². The number of ether oxygens (including phenoxy) is 4. The largest absolute Gasteiger partial charge is 0.385 e. The second kappa shape index (κ2) is 11.6. The van der Waals surface area contributed by atoms with Gasteiger partial charge in [0.1, 0.15) is 0 Å². The van der Waals surface area contributed by atoms with E-state index in [4.69, 9.17) is 18.9 Å². The topological polar surface area (TPSA) is 49.0 Å². The van der Waals surface area contributed by atoms with E-state index in [0.29, 0.717) is 26.4 Å². The van der Waals surface area contributed by atoms with Crippen molar-refractivity contribution in [3.8, 4) is 0 Å². The summed E-state index contributed by atoms with van der Waals surface area (Å²) in [6, 6.07) is 0. The van der Waals surface area contributed by atoms with Crippen LogP contribution < -0.4 is 5.32 Å². The van der Waals surface area contributed by atoms with Gasteiger partial charge in [0.2, 0.25) is 0 Å². The SMILES string of the molecule is COCCCOCCOC(CNC(C)(C)C)COC. The van der Waals surface area contributed by atoms with Crippen molar-refractivity contribution >= 4 is 0 Å². The molecule has 0 aliphatic carbocycles. The van der Waals surface area contributed by atoms with Gasteiger partial charge < -0.3 is 24.3 Å². The lowest BCUT2D eigenvalue weighted by Crippen LogP contribution is -2.43. The highest BCUT2D eigenvalue weighted by molar-refractivity contribution is 4.73. The molecule has 1 N–H and O–H groups in total. The van der Waals surface area contributed by atoms with E-state index in [0.717, 1.165) is 19.6 Å². The van der Waals surface area contributed by atoms with Crippen LogP contribution in [0.15, 0.2) is 0 Å². The van der Waals surface area contributed by atoms with Crippen molar-refractivity contribution < 1.29 is 18.9 Å². The lowest BCUT2D eigenvalue weighted by molar-refractivity contribution is -0.0307. The van der Waals surface area contributed by atoms with Gasteiger partial charge in [0.25, 0.3) is 0 Å². The number of hydrogen-bond acceptors (Lipinski definition) is 5. The Morgan fingerprint density at radius 1 is 0.947 bits per heavy atom. The summed E-state index contributed by atoms with van der Waals surface area (Å²) in [7, 11) is 3.38. The maximum atomic E-state index is 5.74. The number of methoxy groups -OCH3 is 2. The Labute approximate surface area is 117 Å². The molecule has 0 fully saturated rings. The van der Waals surface area contributed by atoms with Gasteiger partial charge in [0.05, 0.1) is 25.9 Å². The fourth-order valence-electron chi connectivity index (χ4n) is 1.45. The van der Waals surface area contributed by atoms with Crippen molar-refractivity contribution in [2.45, 2.75) is 38.8 Å². The highest BCUT2D eigenvalue weighted by Gasteiger charge is 2.14. The molecule has 0 aromatic carbocycles. The van der Waals surface area contributed by atoms with Gasteiger partial charge in [-0.1, -0.05) is 0 Å². The smallest absolute Gasteiger partial charge is 0.0933 e. The zero-order valence-corrected chi connectivity index (χ0v) is 13.2. The lowest BCUT2D eigenvalue weighted by Gasteiger charge is -2.25. The van der Waals surface area contributed by atoms with Crippen molar-refractivity contribution in [2.75, 3.05) is 53.8 Å². The molecule has 0 aromatic rings. The first-order chi connectivity index (χ1) is 8.99. The summed E-state index contributed by atoms with van der Waals surface area (Å²) in [5.41, 5.74) is 0.0893. The Hall–Kier alpha value is -0.200. The summed E-state index contributed by atoms with van der Waals surface area (Å²) in [6.07, 6.45) is 0.982. The number of nitrogens with one attached hydrogen (secondary N) is 1. The zero-order valence-electron chi connectivity index (χ0n) is 13.2. The van der Waals surface area contributed by atoms with Crippen LogP contribution in [0.1, 0.15) is 27.2 Å². The average molecular weight is 277 g/mol. The molecule has 0 amide bonds. The van der Waals surface area contributed by atoms with E-state index in [1.807, 2.05) is 0 Å². The molecule has 0 heterocycles. The molecule has 19 heavy (non-hydrogen) atoms. The van der Waals surface area contributed by atoms with Gasteiger partial charge >= 0.3 is 0 Å². The van der Waals surface area contributed by atoms with Crippen molar-refractivity contribution in [2.24, 2.45) is 0 Å². The highest BCUT2D eigenvalue weighted by Crippen LogP contribution is 2.00. The molecule has 0 rings (SSSR count). The van der Waals surface area contributed by atoms with Crippen molar-refractivity contribution in [3.63, 3.8) is 0 Å². The minimum Gasteiger partial charge on any atom is -0.385 e. The molecule has 0 radical (unpaired) electrons. The Balaban J connectivity index is 3.59. The number of rotatable bonds is 12. The third-order valence-corrected chi connectivity index (χ3v) is 2.43. The molecule has 5 nitrogen and oxygen atoms in total. The van der Waals surface area contributed by atoms with E-state index in [9.17, 15) is 0 Å². The van der Waals surface area contributed by atoms with Gasteiger partial charge in [-0.2, -0.15) is 0 Å². The normalized spacial score (nSPS) is 13.7. The van der Waals surface area contributed by atoms with Crippen LogP contribution in [0.2, 0.25) is 0 Å². The second-order valence-electron chi connectivity index (χ2n) is 5.54. The van der Waals surface area contributed by atoms with Crippen LogP contribution in [0, 0.1) is 0 Å². The van der Waals surface area contributed by atoms with Gasteiger partial charge in [-0.3, -0.25) is 0 Å². The van der Waals surface area contributed by atoms with Gasteiger partial charge in [-0.15, -0.1) is 0 Å². The summed E-state index contributed by atoms with van der Waals surface area (Å²) in [4.78, 5) is 0. The average Bonchev–Trinajstić information content (AvgIpc) is 2.33. The summed E-state index contributed by atoms with van der Waals surface area (Å²) in [6.45, 7) is 10.4. The zero-order chi connectivity index (χ0) is 14.6. The fraction of sp³-hybridized carbons (Fsp3) is 1.00. The molecule has 0 aliphatic rings. The van der Waals surface area contributed by atoms with Crippen molar-refractivity contribution in [3.05, 3.63) is 0 Å². The molecule has 5 heteroatoms. The van der Waals surface area contributed by atoms with Crippen molar-refractivity contribution in [1.29, 1.82) is 0 Å². The molecule has 0 spiro atoms. The third-order valence-electron chi connectivity index (χ3n) is 2.43. The standard InChI is InChI=1S/C14H31NO4/c1-14(2,3)15-11-13(12-17-5)19-10-9-18-8-6-7-16-4/h13,15H,6-12H2,1-5H3. The molecular weight excluding hydrogens is 246 g/mol. The van der Waals surface area contributed by atoms with E-state index < -0.39 is 0 Å². The van der Waals surface area contributed by atoms with Crippen LogP contribution in [-0.2, 0) is 18.9 Å². The van der Waals surface area contributed by atoms with Gasteiger partial charge in [-0.25, -0.2) is 0 Å². The molecule has 0 aromatic heterocycles. The van der Waals surface area contributed by atoms with E-state index in [2.05, 4.69) is 26.1 Å². The van der Waals surface area contributed by atoms with Crippen LogP contribution >= 0.6 is 0 Å². The predicted molar refractivity (Wildman–Crippen MR) is 76.7 cm³/mol. The van der Waals surface area contributed by atoms with Gasteiger partial charge in [0.15, 0.2) is 0 Å². The Kier molecular flexibility index (Phi) is 11.5. The number of hydrogen-bond donors (Lipinski definition) is 1. The molecule has 116 valence electrons. The molecule has 0 saturated heterocycles. The first-order valence-corrected chi connectivity index (χ1v) is 6.92. The fourth-order valence-corrected chi connectivity index (χ4v) is 1.45. The van der Waals surface area contributed by atoms with E-state index in [1.54, 1.807) is 14.2 Å². The van der Waals surface area contributed by atoms with Crippen LogP contribution in [-0.4, -0.2) is 65.4 Å². The summed E-state index contributed by atoms with van der Waals surface area (Å²) < 4.78 is 21.3. The highest BCUT2D eigenvalue weighted by atomic mass is 16.5. The first-order valence-electron chi connectivity index (χ1n) is 6.92. The molecule has 0 saturated carbocycles. The van der Waals surface area contributed by atoms with Crippen LogP contribution in [0.4, 0.5) is 0 Å². The minimum atomic E-state index is 0.0619. The van der Waals surface area contributed by atoms with E-state index >= 15 is 0 Å². The molecule has 0 bridgehead atoms. The monoisotopic (exact) mass is 277 g/mol. The molecule has 1 unspecified atom stereocenters. The lowest BCUT2D eigenvalue weighted by atomic mass is 10.1. The Morgan fingerprint density at radius 3 is 2.26 bits per heavy atom. The van der Waals surface area contributed by atoms with Gasteiger partial charge in [-0.05, 0) is 27.2 Å².